The Morgan fingerprint density at radius 3 is 2.50 bits per heavy atom. The van der Waals surface area contributed by atoms with E-state index >= 15 is 0 Å². The molecule has 0 bridgehead atoms. The molecule has 0 heterocycles. The van der Waals surface area contributed by atoms with E-state index in [0.717, 1.165) is 5.56 Å². The van der Waals surface area contributed by atoms with Crippen LogP contribution < -0.4 is 9.47 Å². The van der Waals surface area contributed by atoms with Crippen molar-refractivity contribution in [2.45, 2.75) is 19.8 Å². The second-order valence-electron chi connectivity index (χ2n) is 4.11. The van der Waals surface area contributed by atoms with Crippen LogP contribution in [-0.4, -0.2) is 40.0 Å². The number of benzene rings is 1. The van der Waals surface area contributed by atoms with Gasteiger partial charge in [-0.3, -0.25) is 4.79 Å². The van der Waals surface area contributed by atoms with Gasteiger partial charge in [0.1, 0.15) is 6.61 Å². The minimum absolute atomic E-state index is 0.223. The maximum atomic E-state index is 11.5. The second kappa shape index (κ2) is 9.20. The quantitative estimate of drug-likeness (QED) is 0.513. The van der Waals surface area contributed by atoms with Crippen molar-refractivity contribution in [3.63, 3.8) is 0 Å². The van der Waals surface area contributed by atoms with E-state index in [1.54, 1.807) is 14.2 Å². The zero-order chi connectivity index (χ0) is 14.8. The Morgan fingerprint density at radius 2 is 1.85 bits per heavy atom. The Bertz CT molecular complexity index is 417. The van der Waals surface area contributed by atoms with Crippen LogP contribution in [0.5, 0.6) is 11.5 Å². The molecule has 0 amide bonds. The molecule has 0 aliphatic rings. The molecule has 0 saturated carbocycles. The Hall–Kier alpha value is -1.75. The lowest BCUT2D eigenvalue weighted by Gasteiger charge is -2.09. The van der Waals surface area contributed by atoms with E-state index in [9.17, 15) is 4.79 Å². The zero-order valence-electron chi connectivity index (χ0n) is 12.3. The van der Waals surface area contributed by atoms with Crippen LogP contribution in [0, 0.1) is 0 Å². The first-order chi connectivity index (χ1) is 9.71. The minimum Gasteiger partial charge on any atom is -0.493 e. The van der Waals surface area contributed by atoms with Gasteiger partial charge >= 0.3 is 5.97 Å². The van der Waals surface area contributed by atoms with Gasteiger partial charge < -0.3 is 18.9 Å². The molecular formula is C15H22O5. The molecule has 0 unspecified atom stereocenters. The molecule has 0 aliphatic heterocycles. The lowest BCUT2D eigenvalue weighted by atomic mass is 10.1. The van der Waals surface area contributed by atoms with Crippen LogP contribution in [0.1, 0.15) is 18.9 Å². The van der Waals surface area contributed by atoms with Gasteiger partial charge in [-0.05, 0) is 31.0 Å². The maximum Gasteiger partial charge on any atom is 0.306 e. The summed E-state index contributed by atoms with van der Waals surface area (Å²) in [6, 6.07) is 5.61. The summed E-state index contributed by atoms with van der Waals surface area (Å²) >= 11 is 0. The first-order valence-corrected chi connectivity index (χ1v) is 6.65. The van der Waals surface area contributed by atoms with Gasteiger partial charge in [0.2, 0.25) is 0 Å². The number of hydrogen-bond acceptors (Lipinski definition) is 5. The molecule has 0 atom stereocenters. The summed E-state index contributed by atoms with van der Waals surface area (Å²) in [6.07, 6.45) is 0.940. The highest BCUT2D eigenvalue weighted by atomic mass is 16.6. The summed E-state index contributed by atoms with van der Waals surface area (Å²) < 4.78 is 20.5. The number of aryl methyl sites for hydroxylation is 1. The van der Waals surface area contributed by atoms with Crippen LogP contribution in [0.4, 0.5) is 0 Å². The first-order valence-electron chi connectivity index (χ1n) is 6.65. The fourth-order valence-electron chi connectivity index (χ4n) is 1.71. The molecule has 0 fully saturated rings. The van der Waals surface area contributed by atoms with E-state index in [0.29, 0.717) is 44.2 Å². The van der Waals surface area contributed by atoms with Crippen LogP contribution in [0.2, 0.25) is 0 Å². The predicted molar refractivity (Wildman–Crippen MR) is 75.3 cm³/mol. The number of carbonyl (C=O) groups is 1. The molecule has 5 nitrogen and oxygen atoms in total. The highest BCUT2D eigenvalue weighted by molar-refractivity contribution is 5.69. The average molecular weight is 282 g/mol. The zero-order valence-corrected chi connectivity index (χ0v) is 12.3. The van der Waals surface area contributed by atoms with Crippen molar-refractivity contribution in [3.8, 4) is 11.5 Å². The third-order valence-corrected chi connectivity index (χ3v) is 2.76. The van der Waals surface area contributed by atoms with E-state index in [4.69, 9.17) is 18.9 Å². The third-order valence-electron chi connectivity index (χ3n) is 2.76. The molecule has 5 heteroatoms. The SMILES string of the molecule is CCOCCOC(=O)CCc1ccc(OC)c(OC)c1. The first kappa shape index (κ1) is 16.3. The molecule has 0 aromatic heterocycles. The minimum atomic E-state index is -0.223. The molecule has 1 aromatic rings. The van der Waals surface area contributed by atoms with E-state index in [-0.39, 0.29) is 5.97 Å². The van der Waals surface area contributed by atoms with Gasteiger partial charge in [0, 0.05) is 13.0 Å². The van der Waals surface area contributed by atoms with Crippen molar-refractivity contribution >= 4 is 5.97 Å². The number of carbonyl (C=O) groups excluding carboxylic acids is 1. The van der Waals surface area contributed by atoms with Crippen LogP contribution >= 0.6 is 0 Å². The number of hydrogen-bond donors (Lipinski definition) is 0. The van der Waals surface area contributed by atoms with Gasteiger partial charge in [-0.15, -0.1) is 0 Å². The molecule has 1 rings (SSSR count). The maximum absolute atomic E-state index is 11.5. The highest BCUT2D eigenvalue weighted by Gasteiger charge is 2.07. The summed E-state index contributed by atoms with van der Waals surface area (Å²) in [6.45, 7) is 3.28. The molecular weight excluding hydrogens is 260 g/mol. The summed E-state index contributed by atoms with van der Waals surface area (Å²) in [5.41, 5.74) is 1.00. The Morgan fingerprint density at radius 1 is 1.10 bits per heavy atom. The van der Waals surface area contributed by atoms with Crippen molar-refractivity contribution in [2.24, 2.45) is 0 Å². The Kier molecular flexibility index (Phi) is 7.50. The molecule has 20 heavy (non-hydrogen) atoms. The van der Waals surface area contributed by atoms with Crippen molar-refractivity contribution < 1.29 is 23.7 Å². The molecule has 0 saturated heterocycles. The predicted octanol–water partition coefficient (Wildman–Crippen LogP) is 2.22. The lowest BCUT2D eigenvalue weighted by molar-refractivity contribution is -0.145. The van der Waals surface area contributed by atoms with Crippen LogP contribution in [0.25, 0.3) is 0 Å². The van der Waals surface area contributed by atoms with E-state index < -0.39 is 0 Å². The van der Waals surface area contributed by atoms with Crippen LogP contribution in [-0.2, 0) is 20.7 Å². The number of rotatable bonds is 9. The van der Waals surface area contributed by atoms with Crippen LogP contribution in [0.15, 0.2) is 18.2 Å². The summed E-state index contributed by atoms with van der Waals surface area (Å²) in [7, 11) is 3.18. The smallest absolute Gasteiger partial charge is 0.306 e. The summed E-state index contributed by atoms with van der Waals surface area (Å²) in [4.78, 5) is 11.5. The van der Waals surface area contributed by atoms with Crippen LogP contribution in [0.3, 0.4) is 0 Å². The Balaban J connectivity index is 2.39. The van der Waals surface area contributed by atoms with Gasteiger partial charge in [0.25, 0.3) is 0 Å². The van der Waals surface area contributed by atoms with E-state index in [2.05, 4.69) is 0 Å². The van der Waals surface area contributed by atoms with Gasteiger partial charge in [0.05, 0.1) is 20.8 Å². The number of esters is 1. The normalized spacial score (nSPS) is 10.2. The standard InChI is InChI=1S/C15H22O5/c1-4-19-9-10-20-15(16)8-6-12-5-7-13(17-2)14(11-12)18-3/h5,7,11H,4,6,8-10H2,1-3H3. The highest BCUT2D eigenvalue weighted by Crippen LogP contribution is 2.27. The van der Waals surface area contributed by atoms with Crippen molar-refractivity contribution in [1.82, 2.24) is 0 Å². The average Bonchev–Trinajstić information content (AvgIpc) is 2.49. The monoisotopic (exact) mass is 282 g/mol. The summed E-state index contributed by atoms with van der Waals surface area (Å²) in [5.74, 6) is 1.12. The van der Waals surface area contributed by atoms with E-state index in [1.165, 1.54) is 0 Å². The molecule has 0 aliphatic carbocycles. The van der Waals surface area contributed by atoms with Crippen molar-refractivity contribution in [1.29, 1.82) is 0 Å². The second-order valence-corrected chi connectivity index (χ2v) is 4.11. The van der Waals surface area contributed by atoms with Gasteiger partial charge in [-0.2, -0.15) is 0 Å². The fraction of sp³-hybridized carbons (Fsp3) is 0.533. The van der Waals surface area contributed by atoms with Crippen molar-refractivity contribution in [2.75, 3.05) is 34.0 Å². The molecule has 1 aromatic carbocycles. The van der Waals surface area contributed by atoms with Gasteiger partial charge in [-0.1, -0.05) is 6.07 Å². The lowest BCUT2D eigenvalue weighted by Crippen LogP contribution is -2.11. The largest absolute Gasteiger partial charge is 0.493 e. The van der Waals surface area contributed by atoms with E-state index in [1.807, 2.05) is 25.1 Å². The number of methoxy groups -OCH3 is 2. The fourth-order valence-corrected chi connectivity index (χ4v) is 1.71. The summed E-state index contributed by atoms with van der Waals surface area (Å²) in [5, 5.41) is 0. The molecule has 0 spiro atoms. The third kappa shape index (κ3) is 5.48. The number of ether oxygens (including phenoxy) is 4. The Labute approximate surface area is 119 Å². The van der Waals surface area contributed by atoms with Crippen molar-refractivity contribution in [3.05, 3.63) is 23.8 Å². The molecule has 0 N–H and O–H groups in total. The molecule has 112 valence electrons. The molecule has 0 radical (unpaired) electrons. The van der Waals surface area contributed by atoms with Gasteiger partial charge in [0.15, 0.2) is 11.5 Å². The topological polar surface area (TPSA) is 54.0 Å². The van der Waals surface area contributed by atoms with Gasteiger partial charge in [-0.25, -0.2) is 0 Å².